The fraction of sp³-hybridized carbons (Fsp3) is 0.444. The molecule has 1 saturated heterocycles. The predicted molar refractivity (Wildman–Crippen MR) is 92.2 cm³/mol. The zero-order valence-corrected chi connectivity index (χ0v) is 14.6. The Morgan fingerprint density at radius 2 is 2.20 bits per heavy atom. The number of carbonyl (C=O) groups is 1. The van der Waals surface area contributed by atoms with Crippen LogP contribution in [0.15, 0.2) is 40.9 Å². The third kappa shape index (κ3) is 5.56. The van der Waals surface area contributed by atoms with Crippen LogP contribution in [0, 0.1) is 0 Å². The Labute approximate surface area is 151 Å². The number of rotatable bonds is 7. The molecule has 2 atom stereocenters. The van der Waals surface area contributed by atoms with E-state index in [4.69, 9.17) is 25.6 Å². The fourth-order valence-corrected chi connectivity index (χ4v) is 2.90. The van der Waals surface area contributed by atoms with Crippen LogP contribution in [0.1, 0.15) is 24.2 Å². The second-order valence-corrected chi connectivity index (χ2v) is 6.38. The van der Waals surface area contributed by atoms with Gasteiger partial charge in [-0.25, -0.2) is 0 Å². The highest BCUT2D eigenvalue weighted by atomic mass is 35.5. The van der Waals surface area contributed by atoms with Gasteiger partial charge in [0.15, 0.2) is 5.15 Å². The molecule has 0 bridgehead atoms. The molecule has 1 N–H and O–H groups in total. The minimum atomic E-state index is -0.155. The average molecular weight is 365 g/mol. The summed E-state index contributed by atoms with van der Waals surface area (Å²) in [6, 6.07) is 11.5. The van der Waals surface area contributed by atoms with Gasteiger partial charge in [0.25, 0.3) is 0 Å². The predicted octanol–water partition coefficient (Wildman–Crippen LogP) is 2.75. The quantitative estimate of drug-likeness (QED) is 0.817. The van der Waals surface area contributed by atoms with Crippen LogP contribution >= 0.6 is 11.6 Å². The lowest BCUT2D eigenvalue weighted by molar-refractivity contribution is -0.126. The van der Waals surface area contributed by atoms with E-state index in [1.165, 1.54) is 0 Å². The molecular formula is C18H21ClN2O4. The Hall–Kier alpha value is -1.89. The second-order valence-electron chi connectivity index (χ2n) is 5.99. The lowest BCUT2D eigenvalue weighted by atomic mass is 10.1. The largest absolute Gasteiger partial charge is 0.379 e. The van der Waals surface area contributed by atoms with Gasteiger partial charge in [-0.2, -0.15) is 0 Å². The zero-order valence-electron chi connectivity index (χ0n) is 13.8. The molecule has 0 unspecified atom stereocenters. The van der Waals surface area contributed by atoms with Crippen LogP contribution < -0.4 is 5.32 Å². The number of benzene rings is 1. The molecule has 0 aliphatic carbocycles. The minimum Gasteiger partial charge on any atom is -0.379 e. The standard InChI is InChI=1S/C18H21ClN2O4/c19-17-10-14(25-21-17)6-7-18(22)20-15-8-9-23-12-16(15)24-11-13-4-2-1-3-5-13/h1-5,10,15-16H,6-9,11-12H2,(H,20,22)/t15-,16-/m1/s1. The van der Waals surface area contributed by atoms with Gasteiger partial charge in [0, 0.05) is 25.5 Å². The number of aromatic nitrogens is 1. The molecule has 134 valence electrons. The Morgan fingerprint density at radius 1 is 1.36 bits per heavy atom. The van der Waals surface area contributed by atoms with Gasteiger partial charge >= 0.3 is 0 Å². The number of hydrogen-bond donors (Lipinski definition) is 1. The molecule has 1 fully saturated rings. The first kappa shape index (κ1) is 17.9. The summed E-state index contributed by atoms with van der Waals surface area (Å²) in [4.78, 5) is 12.2. The van der Waals surface area contributed by atoms with Crippen LogP contribution in [0.2, 0.25) is 5.15 Å². The monoisotopic (exact) mass is 364 g/mol. The lowest BCUT2D eigenvalue weighted by Gasteiger charge is -2.32. The first-order chi connectivity index (χ1) is 12.2. The Bertz CT molecular complexity index is 677. The highest BCUT2D eigenvalue weighted by molar-refractivity contribution is 6.29. The van der Waals surface area contributed by atoms with E-state index in [9.17, 15) is 4.79 Å². The summed E-state index contributed by atoms with van der Waals surface area (Å²) in [6.45, 7) is 1.60. The molecule has 1 aliphatic rings. The van der Waals surface area contributed by atoms with Crippen molar-refractivity contribution in [2.24, 2.45) is 0 Å². The lowest BCUT2D eigenvalue weighted by Crippen LogP contribution is -2.50. The first-order valence-electron chi connectivity index (χ1n) is 8.34. The highest BCUT2D eigenvalue weighted by Gasteiger charge is 2.28. The molecule has 0 radical (unpaired) electrons. The number of hydrogen-bond acceptors (Lipinski definition) is 5. The number of halogens is 1. The molecule has 1 amide bonds. The normalized spacial score (nSPS) is 20.4. The molecule has 1 aliphatic heterocycles. The van der Waals surface area contributed by atoms with Gasteiger partial charge in [0.05, 0.1) is 19.3 Å². The van der Waals surface area contributed by atoms with Crippen LogP contribution in [0.5, 0.6) is 0 Å². The van der Waals surface area contributed by atoms with Gasteiger partial charge in [-0.15, -0.1) is 0 Å². The van der Waals surface area contributed by atoms with E-state index in [0.717, 1.165) is 12.0 Å². The molecule has 7 heteroatoms. The van der Waals surface area contributed by atoms with Gasteiger partial charge in [-0.1, -0.05) is 47.1 Å². The third-order valence-electron chi connectivity index (χ3n) is 4.09. The number of nitrogens with one attached hydrogen (secondary N) is 1. The van der Waals surface area contributed by atoms with Crippen molar-refractivity contribution >= 4 is 17.5 Å². The molecule has 3 rings (SSSR count). The maximum atomic E-state index is 12.2. The van der Waals surface area contributed by atoms with Crippen molar-refractivity contribution in [3.05, 3.63) is 52.9 Å². The molecule has 0 spiro atoms. The van der Waals surface area contributed by atoms with Crippen molar-refractivity contribution < 1.29 is 18.8 Å². The van der Waals surface area contributed by atoms with E-state index in [1.54, 1.807) is 6.07 Å². The van der Waals surface area contributed by atoms with E-state index in [-0.39, 0.29) is 18.1 Å². The van der Waals surface area contributed by atoms with Crippen molar-refractivity contribution in [3.8, 4) is 0 Å². The molecule has 0 saturated carbocycles. The third-order valence-corrected chi connectivity index (χ3v) is 4.26. The molecule has 6 nitrogen and oxygen atoms in total. The highest BCUT2D eigenvalue weighted by Crippen LogP contribution is 2.15. The van der Waals surface area contributed by atoms with E-state index in [0.29, 0.717) is 43.6 Å². The van der Waals surface area contributed by atoms with Crippen LogP contribution in [-0.2, 0) is 27.3 Å². The summed E-state index contributed by atoms with van der Waals surface area (Å²) in [6.07, 6.45) is 1.36. The molecule has 2 aromatic rings. The SMILES string of the molecule is O=C(CCc1cc(Cl)no1)N[C@@H]1CCOC[C@H]1OCc1ccccc1. The van der Waals surface area contributed by atoms with Crippen LogP contribution in [-0.4, -0.2) is 36.4 Å². The smallest absolute Gasteiger partial charge is 0.220 e. The van der Waals surface area contributed by atoms with Gasteiger partial charge in [-0.3, -0.25) is 4.79 Å². The number of nitrogens with zero attached hydrogens (tertiary/aromatic N) is 1. The molecule has 2 heterocycles. The summed E-state index contributed by atoms with van der Waals surface area (Å²) in [7, 11) is 0. The summed E-state index contributed by atoms with van der Waals surface area (Å²) >= 11 is 5.70. The topological polar surface area (TPSA) is 73.6 Å². The summed E-state index contributed by atoms with van der Waals surface area (Å²) < 4.78 is 16.5. The first-order valence-corrected chi connectivity index (χ1v) is 8.72. The van der Waals surface area contributed by atoms with E-state index < -0.39 is 0 Å². The minimum absolute atomic E-state index is 0.0484. The summed E-state index contributed by atoms with van der Waals surface area (Å²) in [5.41, 5.74) is 1.10. The molecular weight excluding hydrogens is 344 g/mol. The van der Waals surface area contributed by atoms with Crippen molar-refractivity contribution in [3.63, 3.8) is 0 Å². The molecule has 1 aromatic heterocycles. The maximum Gasteiger partial charge on any atom is 0.220 e. The average Bonchev–Trinajstić information content (AvgIpc) is 3.05. The van der Waals surface area contributed by atoms with Gasteiger partial charge in [0.2, 0.25) is 5.91 Å². The van der Waals surface area contributed by atoms with Gasteiger partial charge < -0.3 is 19.3 Å². The van der Waals surface area contributed by atoms with E-state index in [2.05, 4.69) is 10.5 Å². The van der Waals surface area contributed by atoms with E-state index in [1.807, 2.05) is 30.3 Å². The van der Waals surface area contributed by atoms with Crippen molar-refractivity contribution in [1.29, 1.82) is 0 Å². The fourth-order valence-electron chi connectivity index (χ4n) is 2.74. The number of aryl methyl sites for hydroxylation is 1. The number of amides is 1. The van der Waals surface area contributed by atoms with Gasteiger partial charge in [0.1, 0.15) is 11.9 Å². The van der Waals surface area contributed by atoms with Crippen LogP contribution in [0.4, 0.5) is 0 Å². The summed E-state index contributed by atoms with van der Waals surface area (Å²) in [5.74, 6) is 0.553. The van der Waals surface area contributed by atoms with Crippen LogP contribution in [0.25, 0.3) is 0 Å². The molecule has 1 aromatic carbocycles. The Balaban J connectivity index is 1.47. The number of carbonyl (C=O) groups excluding carboxylic acids is 1. The van der Waals surface area contributed by atoms with Crippen molar-refractivity contribution in [1.82, 2.24) is 10.5 Å². The second kappa shape index (κ2) is 8.99. The van der Waals surface area contributed by atoms with Crippen molar-refractivity contribution in [2.75, 3.05) is 13.2 Å². The van der Waals surface area contributed by atoms with Gasteiger partial charge in [-0.05, 0) is 12.0 Å². The zero-order chi connectivity index (χ0) is 17.5. The molecule has 25 heavy (non-hydrogen) atoms. The van der Waals surface area contributed by atoms with E-state index >= 15 is 0 Å². The summed E-state index contributed by atoms with van der Waals surface area (Å²) in [5, 5.41) is 6.94. The van der Waals surface area contributed by atoms with Crippen molar-refractivity contribution in [2.45, 2.75) is 38.0 Å². The number of ether oxygens (including phenoxy) is 2. The Kier molecular flexibility index (Phi) is 6.44. The Morgan fingerprint density at radius 3 is 2.96 bits per heavy atom. The van der Waals surface area contributed by atoms with Crippen LogP contribution in [0.3, 0.4) is 0 Å². The maximum absolute atomic E-state index is 12.2.